The Morgan fingerprint density at radius 2 is 1.59 bits per heavy atom. The van der Waals surface area contributed by atoms with E-state index in [2.05, 4.69) is 34.5 Å². The molecule has 0 radical (unpaired) electrons. The number of nitrogens with one attached hydrogen (secondary N) is 2. The van der Waals surface area contributed by atoms with Gasteiger partial charge in [-0.2, -0.15) is 0 Å². The maximum Gasteiger partial charge on any atom is 0.337 e. The van der Waals surface area contributed by atoms with Gasteiger partial charge in [0.25, 0.3) is 11.8 Å². The van der Waals surface area contributed by atoms with Gasteiger partial charge in [-0.3, -0.25) is 14.5 Å². The highest BCUT2D eigenvalue weighted by molar-refractivity contribution is 6.37. The van der Waals surface area contributed by atoms with Gasteiger partial charge in [0, 0.05) is 56.1 Å². The summed E-state index contributed by atoms with van der Waals surface area (Å²) in [6, 6.07) is 22.0. The number of hydrogen-bond donors (Lipinski definition) is 2. The van der Waals surface area contributed by atoms with Crippen LogP contribution in [0.2, 0.25) is 0 Å². The standard InChI is InChI=1S/C32H35N5O4/c1-35(2)15-16-36-17-19-37(20-18-36)31(39)23-9-12-25(13-10-23)33-29(22-7-5-4-6-8-22)28-26-14-11-24(32(40)41-3)21-27(26)34-30(28)38/h4-14,21,33H,15-20H2,1-3H3,(H,34,38)/b29-28-. The Kier molecular flexibility index (Phi) is 8.47. The van der Waals surface area contributed by atoms with E-state index in [-0.39, 0.29) is 11.8 Å². The molecule has 0 aromatic heterocycles. The van der Waals surface area contributed by atoms with Crippen LogP contribution in [-0.2, 0) is 9.53 Å². The highest BCUT2D eigenvalue weighted by atomic mass is 16.5. The maximum atomic E-state index is 13.2. The fourth-order valence-corrected chi connectivity index (χ4v) is 5.09. The Hall–Kier alpha value is -4.47. The molecule has 3 aromatic rings. The molecular formula is C32H35N5O4. The predicted molar refractivity (Wildman–Crippen MR) is 161 cm³/mol. The van der Waals surface area contributed by atoms with E-state index in [1.807, 2.05) is 59.5 Å². The van der Waals surface area contributed by atoms with Crippen molar-refractivity contribution < 1.29 is 19.1 Å². The van der Waals surface area contributed by atoms with Gasteiger partial charge >= 0.3 is 5.97 Å². The Bertz CT molecular complexity index is 1460. The third kappa shape index (κ3) is 6.32. The van der Waals surface area contributed by atoms with Gasteiger partial charge in [0.15, 0.2) is 0 Å². The summed E-state index contributed by atoms with van der Waals surface area (Å²) < 4.78 is 4.83. The van der Waals surface area contributed by atoms with Crippen molar-refractivity contribution in [2.45, 2.75) is 0 Å². The number of amides is 2. The van der Waals surface area contributed by atoms with Gasteiger partial charge in [0.05, 0.1) is 29.6 Å². The molecule has 41 heavy (non-hydrogen) atoms. The van der Waals surface area contributed by atoms with Crippen molar-refractivity contribution in [3.05, 3.63) is 95.1 Å². The molecular weight excluding hydrogens is 518 g/mol. The molecule has 0 atom stereocenters. The lowest BCUT2D eigenvalue weighted by molar-refractivity contribution is -0.110. The predicted octanol–water partition coefficient (Wildman–Crippen LogP) is 3.73. The first-order valence-electron chi connectivity index (χ1n) is 13.7. The molecule has 9 nitrogen and oxygen atoms in total. The number of methoxy groups -OCH3 is 1. The van der Waals surface area contributed by atoms with E-state index in [9.17, 15) is 14.4 Å². The zero-order valence-electron chi connectivity index (χ0n) is 23.6. The fraction of sp³-hybridized carbons (Fsp3) is 0.281. The van der Waals surface area contributed by atoms with Gasteiger partial charge in [0.1, 0.15) is 0 Å². The average molecular weight is 554 g/mol. The molecule has 2 heterocycles. The number of nitrogens with zero attached hydrogens (tertiary/aromatic N) is 3. The Labute approximate surface area is 240 Å². The Morgan fingerprint density at radius 1 is 0.902 bits per heavy atom. The number of fused-ring (bicyclic) bond motifs is 1. The molecule has 0 unspecified atom stereocenters. The van der Waals surface area contributed by atoms with E-state index in [1.54, 1.807) is 18.2 Å². The molecule has 1 fully saturated rings. The summed E-state index contributed by atoms with van der Waals surface area (Å²) >= 11 is 0. The van der Waals surface area contributed by atoms with Crippen LogP contribution in [0.25, 0.3) is 11.3 Å². The third-order valence-corrected chi connectivity index (χ3v) is 7.42. The molecule has 0 aliphatic carbocycles. The average Bonchev–Trinajstić information content (AvgIpc) is 3.33. The minimum Gasteiger partial charge on any atom is -0.465 e. The molecule has 9 heteroatoms. The van der Waals surface area contributed by atoms with Crippen LogP contribution in [0.1, 0.15) is 31.8 Å². The summed E-state index contributed by atoms with van der Waals surface area (Å²) in [5, 5.41) is 6.30. The number of piperazine rings is 1. The SMILES string of the molecule is COC(=O)c1ccc2c(c1)NC(=O)/C2=C(\Nc1ccc(C(=O)N2CCN(CCN(C)C)CC2)cc1)c1ccccc1. The smallest absolute Gasteiger partial charge is 0.337 e. The van der Waals surface area contributed by atoms with Crippen LogP contribution >= 0.6 is 0 Å². The largest absolute Gasteiger partial charge is 0.465 e. The van der Waals surface area contributed by atoms with Crippen molar-refractivity contribution in [2.24, 2.45) is 0 Å². The summed E-state index contributed by atoms with van der Waals surface area (Å²) in [6.45, 7) is 5.18. The zero-order chi connectivity index (χ0) is 28.9. The lowest BCUT2D eigenvalue weighted by Gasteiger charge is -2.35. The van der Waals surface area contributed by atoms with Crippen molar-refractivity contribution in [2.75, 3.05) is 71.1 Å². The second-order valence-electron chi connectivity index (χ2n) is 10.5. The minimum atomic E-state index is -0.471. The molecule has 2 aliphatic heterocycles. The van der Waals surface area contributed by atoms with E-state index in [0.717, 1.165) is 37.4 Å². The first-order chi connectivity index (χ1) is 19.8. The van der Waals surface area contributed by atoms with E-state index in [4.69, 9.17) is 4.74 Å². The molecule has 3 aromatic carbocycles. The number of hydrogen-bond acceptors (Lipinski definition) is 7. The number of ether oxygens (including phenoxy) is 1. The normalized spacial score (nSPS) is 16.3. The monoisotopic (exact) mass is 553 g/mol. The van der Waals surface area contributed by atoms with Gasteiger partial charge in [-0.15, -0.1) is 0 Å². The van der Waals surface area contributed by atoms with Gasteiger partial charge in [-0.05, 0) is 56.1 Å². The molecule has 1 saturated heterocycles. The number of likely N-dealkylation sites (N-methyl/N-ethyl adjacent to an activating group) is 1. The lowest BCUT2D eigenvalue weighted by Crippen LogP contribution is -2.49. The number of esters is 1. The Morgan fingerprint density at radius 3 is 2.24 bits per heavy atom. The summed E-state index contributed by atoms with van der Waals surface area (Å²) in [6.07, 6.45) is 0. The summed E-state index contributed by atoms with van der Waals surface area (Å²) in [7, 11) is 5.46. The fourth-order valence-electron chi connectivity index (χ4n) is 5.09. The van der Waals surface area contributed by atoms with Crippen LogP contribution < -0.4 is 10.6 Å². The second kappa shape index (κ2) is 12.4. The minimum absolute atomic E-state index is 0.0240. The van der Waals surface area contributed by atoms with Crippen LogP contribution in [0.3, 0.4) is 0 Å². The number of anilines is 2. The van der Waals surface area contributed by atoms with E-state index < -0.39 is 5.97 Å². The second-order valence-corrected chi connectivity index (χ2v) is 10.5. The molecule has 2 aliphatic rings. The van der Waals surface area contributed by atoms with Crippen LogP contribution in [0.4, 0.5) is 11.4 Å². The molecule has 0 saturated carbocycles. The highest BCUT2D eigenvalue weighted by Crippen LogP contribution is 2.38. The first-order valence-corrected chi connectivity index (χ1v) is 13.7. The van der Waals surface area contributed by atoms with Crippen LogP contribution in [-0.4, -0.2) is 93.0 Å². The summed E-state index contributed by atoms with van der Waals surface area (Å²) in [5.74, 6) is -0.720. The van der Waals surface area contributed by atoms with Crippen molar-refractivity contribution in [3.8, 4) is 0 Å². The van der Waals surface area contributed by atoms with E-state index >= 15 is 0 Å². The van der Waals surface area contributed by atoms with Crippen molar-refractivity contribution in [1.29, 1.82) is 0 Å². The quantitative estimate of drug-likeness (QED) is 0.324. The molecule has 2 amide bonds. The third-order valence-electron chi connectivity index (χ3n) is 7.42. The van der Waals surface area contributed by atoms with E-state index in [1.165, 1.54) is 7.11 Å². The van der Waals surface area contributed by atoms with Gasteiger partial charge in [-0.1, -0.05) is 36.4 Å². The molecule has 212 valence electrons. The number of carbonyl (C=O) groups excluding carboxylic acids is 3. The van der Waals surface area contributed by atoms with Gasteiger partial charge in [-0.25, -0.2) is 4.79 Å². The van der Waals surface area contributed by atoms with Gasteiger partial charge < -0.3 is 25.2 Å². The van der Waals surface area contributed by atoms with Crippen molar-refractivity contribution >= 4 is 40.4 Å². The van der Waals surface area contributed by atoms with E-state index in [0.29, 0.717) is 46.7 Å². The topological polar surface area (TPSA) is 94.2 Å². The van der Waals surface area contributed by atoms with Crippen LogP contribution in [0, 0.1) is 0 Å². The Balaban J connectivity index is 1.36. The number of benzene rings is 3. The van der Waals surface area contributed by atoms with Crippen molar-refractivity contribution in [1.82, 2.24) is 14.7 Å². The zero-order valence-corrected chi connectivity index (χ0v) is 23.6. The maximum absolute atomic E-state index is 13.2. The number of carbonyl (C=O) groups is 3. The lowest BCUT2D eigenvalue weighted by atomic mass is 9.99. The molecule has 0 spiro atoms. The van der Waals surface area contributed by atoms with Gasteiger partial charge in [0.2, 0.25) is 0 Å². The first kappa shape index (κ1) is 28.1. The molecule has 0 bridgehead atoms. The molecule has 5 rings (SSSR count). The summed E-state index contributed by atoms with van der Waals surface area (Å²) in [4.78, 5) is 44.9. The number of rotatable bonds is 8. The highest BCUT2D eigenvalue weighted by Gasteiger charge is 2.29. The van der Waals surface area contributed by atoms with Crippen molar-refractivity contribution in [3.63, 3.8) is 0 Å². The van der Waals surface area contributed by atoms with Crippen LogP contribution in [0.5, 0.6) is 0 Å². The summed E-state index contributed by atoms with van der Waals surface area (Å²) in [5.41, 5.74) is 4.89. The van der Waals surface area contributed by atoms with Crippen LogP contribution in [0.15, 0.2) is 72.8 Å². The molecule has 2 N–H and O–H groups in total.